The van der Waals surface area contributed by atoms with Crippen LogP contribution in [0.5, 0.6) is 0 Å². The molecule has 1 aliphatic rings. The molecule has 0 atom stereocenters. The Labute approximate surface area is 130 Å². The molecule has 0 spiro atoms. The second-order valence-electron chi connectivity index (χ2n) is 5.27. The summed E-state index contributed by atoms with van der Waals surface area (Å²) >= 11 is 0. The average molecular weight is 312 g/mol. The third-order valence-corrected chi connectivity index (χ3v) is 3.52. The van der Waals surface area contributed by atoms with Crippen molar-refractivity contribution in [2.45, 2.75) is 39.5 Å². The Balaban J connectivity index is 2.29. The minimum atomic E-state index is -0.367. The molecule has 1 fully saturated rings. The summed E-state index contributed by atoms with van der Waals surface area (Å²) in [5, 5.41) is 0. The predicted octanol–water partition coefficient (Wildman–Crippen LogP) is 0.370. The number of Topliss-reactive ketones (excluding diaryl/α,β-unsaturated/α-hetero) is 1. The van der Waals surface area contributed by atoms with Gasteiger partial charge in [-0.2, -0.15) is 0 Å². The zero-order valence-corrected chi connectivity index (χ0v) is 13.3. The van der Waals surface area contributed by atoms with Gasteiger partial charge in [0, 0.05) is 45.4 Å². The molecule has 0 unspecified atom stereocenters. The lowest BCUT2D eigenvalue weighted by molar-refractivity contribution is -0.146. The Morgan fingerprint density at radius 1 is 0.818 bits per heavy atom. The number of amides is 2. The Kier molecular flexibility index (Phi) is 7.56. The fourth-order valence-corrected chi connectivity index (χ4v) is 2.25. The number of ether oxygens (including phenoxy) is 1. The Morgan fingerprint density at radius 2 is 1.27 bits per heavy atom. The van der Waals surface area contributed by atoms with E-state index in [0.717, 1.165) is 0 Å². The van der Waals surface area contributed by atoms with E-state index in [4.69, 9.17) is 4.74 Å². The van der Waals surface area contributed by atoms with Crippen LogP contribution in [0, 0.1) is 0 Å². The van der Waals surface area contributed by atoms with Crippen molar-refractivity contribution in [1.82, 2.24) is 9.80 Å². The second kappa shape index (κ2) is 9.17. The van der Waals surface area contributed by atoms with Gasteiger partial charge in [0.2, 0.25) is 11.8 Å². The molecule has 0 aliphatic carbocycles. The summed E-state index contributed by atoms with van der Waals surface area (Å²) < 4.78 is 4.78. The third-order valence-electron chi connectivity index (χ3n) is 3.52. The van der Waals surface area contributed by atoms with Crippen LogP contribution in [-0.2, 0) is 23.9 Å². The molecule has 2 amide bonds. The average Bonchev–Trinajstić information content (AvgIpc) is 2.50. The summed E-state index contributed by atoms with van der Waals surface area (Å²) in [5.74, 6) is -0.507. The smallest absolute Gasteiger partial charge is 0.306 e. The van der Waals surface area contributed by atoms with Crippen LogP contribution in [0.15, 0.2) is 0 Å². The first-order chi connectivity index (χ1) is 10.4. The van der Waals surface area contributed by atoms with Gasteiger partial charge in [-0.1, -0.05) is 0 Å². The molecule has 7 heteroatoms. The van der Waals surface area contributed by atoms with E-state index in [2.05, 4.69) is 0 Å². The number of esters is 1. The Morgan fingerprint density at radius 3 is 1.68 bits per heavy atom. The first kappa shape index (κ1) is 18.1. The van der Waals surface area contributed by atoms with Crippen molar-refractivity contribution < 1.29 is 23.9 Å². The highest BCUT2D eigenvalue weighted by Gasteiger charge is 2.24. The van der Waals surface area contributed by atoms with Gasteiger partial charge >= 0.3 is 5.97 Å². The largest absolute Gasteiger partial charge is 0.466 e. The molecule has 7 nitrogen and oxygen atoms in total. The van der Waals surface area contributed by atoms with Gasteiger partial charge < -0.3 is 19.3 Å². The maximum Gasteiger partial charge on any atom is 0.306 e. The van der Waals surface area contributed by atoms with Crippen molar-refractivity contribution >= 4 is 23.6 Å². The molecule has 1 aliphatic heterocycles. The van der Waals surface area contributed by atoms with Crippen LogP contribution in [0.2, 0.25) is 0 Å². The van der Waals surface area contributed by atoms with Crippen LogP contribution in [0.25, 0.3) is 0 Å². The van der Waals surface area contributed by atoms with E-state index in [0.29, 0.717) is 32.8 Å². The molecule has 1 rings (SSSR count). The van der Waals surface area contributed by atoms with Crippen molar-refractivity contribution in [2.75, 3.05) is 32.8 Å². The van der Waals surface area contributed by atoms with Crippen molar-refractivity contribution in [3.63, 3.8) is 0 Å². The molecular weight excluding hydrogens is 288 g/mol. The fourth-order valence-electron chi connectivity index (χ4n) is 2.25. The van der Waals surface area contributed by atoms with Crippen molar-refractivity contribution in [3.05, 3.63) is 0 Å². The van der Waals surface area contributed by atoms with E-state index in [9.17, 15) is 19.2 Å². The number of rotatable bonds is 7. The number of carbonyl (C=O) groups is 4. The van der Waals surface area contributed by atoms with Crippen LogP contribution < -0.4 is 0 Å². The minimum absolute atomic E-state index is 0.00105. The summed E-state index contributed by atoms with van der Waals surface area (Å²) in [4.78, 5) is 49.3. The first-order valence-electron chi connectivity index (χ1n) is 7.64. The Bertz CT molecular complexity index is 428. The van der Waals surface area contributed by atoms with Crippen LogP contribution in [0.4, 0.5) is 0 Å². The van der Waals surface area contributed by atoms with Crippen molar-refractivity contribution in [1.29, 1.82) is 0 Å². The van der Waals surface area contributed by atoms with Crippen LogP contribution >= 0.6 is 0 Å². The molecule has 124 valence electrons. The summed E-state index contributed by atoms with van der Waals surface area (Å²) in [6, 6.07) is 0. The zero-order valence-electron chi connectivity index (χ0n) is 13.3. The molecule has 0 aromatic carbocycles. The molecule has 0 aromatic rings. The van der Waals surface area contributed by atoms with E-state index in [1.54, 1.807) is 16.7 Å². The zero-order chi connectivity index (χ0) is 16.5. The molecule has 1 heterocycles. The standard InChI is InChI=1S/C15H24N2O5/c1-3-22-15(21)7-6-14(20)17-10-8-16(9-11-17)13(19)5-4-12(2)18/h3-11H2,1-2H3. The summed E-state index contributed by atoms with van der Waals surface area (Å²) in [6.45, 7) is 5.38. The highest BCUT2D eigenvalue weighted by Crippen LogP contribution is 2.08. The lowest BCUT2D eigenvalue weighted by Crippen LogP contribution is -2.50. The topological polar surface area (TPSA) is 84.0 Å². The number of hydrogen-bond acceptors (Lipinski definition) is 5. The number of piperazine rings is 1. The lowest BCUT2D eigenvalue weighted by Gasteiger charge is -2.34. The highest BCUT2D eigenvalue weighted by atomic mass is 16.5. The highest BCUT2D eigenvalue weighted by molar-refractivity contribution is 5.84. The molecule has 0 radical (unpaired) electrons. The number of nitrogens with zero attached hydrogens (tertiary/aromatic N) is 2. The summed E-state index contributed by atoms with van der Waals surface area (Å²) in [7, 11) is 0. The van der Waals surface area contributed by atoms with Gasteiger partial charge in [0.05, 0.1) is 13.0 Å². The molecule has 0 N–H and O–H groups in total. The van der Waals surface area contributed by atoms with E-state index in [1.807, 2.05) is 0 Å². The summed E-state index contributed by atoms with van der Waals surface area (Å²) in [6.07, 6.45) is 0.713. The maximum absolute atomic E-state index is 12.0. The third kappa shape index (κ3) is 6.24. The van der Waals surface area contributed by atoms with Gasteiger partial charge in [0.15, 0.2) is 0 Å². The SMILES string of the molecule is CCOC(=O)CCC(=O)N1CCN(C(=O)CCC(C)=O)CC1. The quantitative estimate of drug-likeness (QED) is 0.634. The first-order valence-corrected chi connectivity index (χ1v) is 7.64. The van der Waals surface area contributed by atoms with E-state index in [1.165, 1.54) is 6.92 Å². The van der Waals surface area contributed by atoms with Crippen molar-refractivity contribution in [2.24, 2.45) is 0 Å². The maximum atomic E-state index is 12.0. The molecular formula is C15H24N2O5. The Hall–Kier alpha value is -1.92. The summed E-state index contributed by atoms with van der Waals surface area (Å²) in [5.41, 5.74) is 0. The molecule has 0 saturated carbocycles. The monoisotopic (exact) mass is 312 g/mol. The molecule has 1 saturated heterocycles. The number of ketones is 1. The fraction of sp³-hybridized carbons (Fsp3) is 0.733. The van der Waals surface area contributed by atoms with Gasteiger partial charge in [0.1, 0.15) is 5.78 Å². The van der Waals surface area contributed by atoms with Gasteiger partial charge in [-0.25, -0.2) is 0 Å². The van der Waals surface area contributed by atoms with E-state index in [-0.39, 0.29) is 49.3 Å². The molecule has 0 bridgehead atoms. The van der Waals surface area contributed by atoms with Crippen molar-refractivity contribution in [3.8, 4) is 0 Å². The van der Waals surface area contributed by atoms with Gasteiger partial charge in [0.25, 0.3) is 0 Å². The van der Waals surface area contributed by atoms with Crippen LogP contribution in [0.1, 0.15) is 39.5 Å². The van der Waals surface area contributed by atoms with E-state index >= 15 is 0 Å². The van der Waals surface area contributed by atoms with Crippen LogP contribution in [0.3, 0.4) is 0 Å². The molecule has 0 aromatic heterocycles. The molecule has 22 heavy (non-hydrogen) atoms. The van der Waals surface area contributed by atoms with Gasteiger partial charge in [-0.05, 0) is 13.8 Å². The number of hydrogen-bond donors (Lipinski definition) is 0. The second-order valence-corrected chi connectivity index (χ2v) is 5.27. The normalized spacial score (nSPS) is 14.6. The van der Waals surface area contributed by atoms with Crippen LogP contribution in [-0.4, -0.2) is 66.2 Å². The predicted molar refractivity (Wildman–Crippen MR) is 78.9 cm³/mol. The van der Waals surface area contributed by atoms with E-state index < -0.39 is 0 Å². The van der Waals surface area contributed by atoms with Gasteiger partial charge in [-0.15, -0.1) is 0 Å². The van der Waals surface area contributed by atoms with Gasteiger partial charge in [-0.3, -0.25) is 14.4 Å². The minimum Gasteiger partial charge on any atom is -0.466 e. The lowest BCUT2D eigenvalue weighted by atomic mass is 10.2. The number of carbonyl (C=O) groups excluding carboxylic acids is 4.